The number of rotatable bonds is 5. The van der Waals surface area contributed by atoms with Crippen molar-refractivity contribution < 1.29 is 4.79 Å². The molecule has 1 aromatic carbocycles. The Morgan fingerprint density at radius 2 is 2.00 bits per heavy atom. The number of amides is 1. The van der Waals surface area contributed by atoms with Gasteiger partial charge in [-0.3, -0.25) is 4.79 Å². The molecule has 0 saturated heterocycles. The summed E-state index contributed by atoms with van der Waals surface area (Å²) < 4.78 is 0. The largest absolute Gasteiger partial charge is 0.369 e. The van der Waals surface area contributed by atoms with E-state index in [0.717, 1.165) is 16.6 Å². The molecular weight excluding hydrogens is 244 g/mol. The van der Waals surface area contributed by atoms with Crippen LogP contribution in [0.5, 0.6) is 0 Å². The summed E-state index contributed by atoms with van der Waals surface area (Å²) in [4.78, 5) is 27.4. The predicted molar refractivity (Wildman–Crippen MR) is 74.0 cm³/mol. The summed E-state index contributed by atoms with van der Waals surface area (Å²) in [5, 5.41) is 3.02. The number of hydrogen-bond acceptors (Lipinski definition) is 3. The molecule has 0 fully saturated rings. The van der Waals surface area contributed by atoms with Crippen molar-refractivity contribution in [3.05, 3.63) is 34.2 Å². The maximum absolute atomic E-state index is 11.2. The normalized spacial score (nSPS) is 11.9. The van der Waals surface area contributed by atoms with Crippen LogP contribution in [0.25, 0.3) is 11.0 Å². The molecule has 6 nitrogen and oxygen atoms in total. The van der Waals surface area contributed by atoms with E-state index in [9.17, 15) is 9.59 Å². The summed E-state index contributed by atoms with van der Waals surface area (Å²) in [6, 6.07) is 5.79. The van der Waals surface area contributed by atoms with Crippen LogP contribution in [0.2, 0.25) is 0 Å². The van der Waals surface area contributed by atoms with E-state index < -0.39 is 0 Å². The molecule has 2 aromatic rings. The van der Waals surface area contributed by atoms with Crippen molar-refractivity contribution >= 4 is 16.9 Å². The Morgan fingerprint density at radius 1 is 1.32 bits per heavy atom. The molecule has 0 radical (unpaired) electrons. The SMILES string of the molecule is CC(C)(CNCC(N)=O)c1ccc2[nH]c(=O)[nH]c2c1. The van der Waals surface area contributed by atoms with Gasteiger partial charge in [-0.2, -0.15) is 0 Å². The van der Waals surface area contributed by atoms with Crippen molar-refractivity contribution in [1.82, 2.24) is 15.3 Å². The number of primary amides is 1. The van der Waals surface area contributed by atoms with Gasteiger partial charge < -0.3 is 21.0 Å². The van der Waals surface area contributed by atoms with Gasteiger partial charge in [0.05, 0.1) is 17.6 Å². The molecule has 1 aromatic heterocycles. The van der Waals surface area contributed by atoms with Crippen molar-refractivity contribution in [1.29, 1.82) is 0 Å². The Hall–Kier alpha value is -2.08. The maximum Gasteiger partial charge on any atom is 0.323 e. The number of aromatic amines is 2. The third-order valence-electron chi connectivity index (χ3n) is 3.16. The molecule has 2 rings (SSSR count). The number of imidazole rings is 1. The third-order valence-corrected chi connectivity index (χ3v) is 3.16. The number of benzene rings is 1. The van der Waals surface area contributed by atoms with Crippen molar-refractivity contribution in [3.63, 3.8) is 0 Å². The van der Waals surface area contributed by atoms with Crippen molar-refractivity contribution in [3.8, 4) is 0 Å². The first-order valence-corrected chi connectivity index (χ1v) is 6.10. The Kier molecular flexibility index (Phi) is 3.44. The van der Waals surface area contributed by atoms with Gasteiger partial charge in [-0.15, -0.1) is 0 Å². The van der Waals surface area contributed by atoms with Crippen LogP contribution in [-0.4, -0.2) is 29.0 Å². The quantitative estimate of drug-likeness (QED) is 0.619. The molecule has 0 atom stereocenters. The number of nitrogens with two attached hydrogens (primary N) is 1. The van der Waals surface area contributed by atoms with Crippen molar-refractivity contribution in [2.45, 2.75) is 19.3 Å². The smallest absolute Gasteiger partial charge is 0.323 e. The monoisotopic (exact) mass is 262 g/mol. The predicted octanol–water partition coefficient (Wildman–Crippen LogP) is 0.209. The highest BCUT2D eigenvalue weighted by Gasteiger charge is 2.21. The fourth-order valence-electron chi connectivity index (χ4n) is 2.05. The lowest BCUT2D eigenvalue weighted by molar-refractivity contribution is -0.117. The average molecular weight is 262 g/mol. The van der Waals surface area contributed by atoms with Crippen molar-refractivity contribution in [2.75, 3.05) is 13.1 Å². The van der Waals surface area contributed by atoms with Gasteiger partial charge in [0.2, 0.25) is 5.91 Å². The zero-order valence-electron chi connectivity index (χ0n) is 11.0. The van der Waals surface area contributed by atoms with Crippen LogP contribution in [0.1, 0.15) is 19.4 Å². The lowest BCUT2D eigenvalue weighted by atomic mass is 9.84. The van der Waals surface area contributed by atoms with Crippen molar-refractivity contribution in [2.24, 2.45) is 5.73 Å². The van der Waals surface area contributed by atoms with Gasteiger partial charge in [-0.25, -0.2) is 4.79 Å². The van der Waals surface area contributed by atoms with E-state index >= 15 is 0 Å². The molecule has 0 saturated carbocycles. The van der Waals surface area contributed by atoms with E-state index in [1.165, 1.54) is 0 Å². The molecule has 0 aliphatic rings. The molecule has 0 aliphatic carbocycles. The van der Waals surface area contributed by atoms with Gasteiger partial charge in [-0.1, -0.05) is 19.9 Å². The summed E-state index contributed by atoms with van der Waals surface area (Å²) >= 11 is 0. The molecule has 0 bridgehead atoms. The fraction of sp³-hybridized carbons (Fsp3) is 0.385. The van der Waals surface area contributed by atoms with Crippen LogP contribution < -0.4 is 16.7 Å². The lowest BCUT2D eigenvalue weighted by Gasteiger charge is -2.25. The molecule has 0 aliphatic heterocycles. The first-order valence-electron chi connectivity index (χ1n) is 6.10. The van der Waals surface area contributed by atoms with E-state index in [0.29, 0.717) is 6.54 Å². The molecule has 0 unspecified atom stereocenters. The minimum atomic E-state index is -0.374. The van der Waals surface area contributed by atoms with Gasteiger partial charge >= 0.3 is 5.69 Å². The lowest BCUT2D eigenvalue weighted by Crippen LogP contribution is -2.37. The average Bonchev–Trinajstić information content (AvgIpc) is 2.67. The highest BCUT2D eigenvalue weighted by molar-refractivity contribution is 5.76. The molecular formula is C13H18N4O2. The Balaban J connectivity index is 2.21. The van der Waals surface area contributed by atoms with Crippen LogP contribution >= 0.6 is 0 Å². The van der Waals surface area contributed by atoms with E-state index in [1.807, 2.05) is 18.2 Å². The van der Waals surface area contributed by atoms with Crippen LogP contribution in [0.4, 0.5) is 0 Å². The summed E-state index contributed by atoms with van der Waals surface area (Å²) in [5.41, 5.74) is 7.36. The Morgan fingerprint density at radius 3 is 2.68 bits per heavy atom. The minimum Gasteiger partial charge on any atom is -0.369 e. The highest BCUT2D eigenvalue weighted by atomic mass is 16.1. The molecule has 6 heteroatoms. The molecule has 1 heterocycles. The topological polar surface area (TPSA) is 104 Å². The number of fused-ring (bicyclic) bond motifs is 1. The zero-order valence-corrected chi connectivity index (χ0v) is 11.0. The van der Waals surface area contributed by atoms with E-state index in [1.54, 1.807) is 0 Å². The Labute approximate surface area is 110 Å². The summed E-state index contributed by atoms with van der Waals surface area (Å²) in [6.45, 7) is 4.91. The zero-order chi connectivity index (χ0) is 14.0. The van der Waals surface area contributed by atoms with Crippen LogP contribution in [-0.2, 0) is 10.2 Å². The number of H-pyrrole nitrogens is 2. The number of aromatic nitrogens is 2. The standard InChI is InChI=1S/C13H18N4O2/c1-13(2,7-15-6-11(14)18)8-3-4-9-10(5-8)17-12(19)16-9/h3-5,15H,6-7H2,1-2H3,(H2,14,18)(H2,16,17,19). The summed E-state index contributed by atoms with van der Waals surface area (Å²) in [6.07, 6.45) is 0. The minimum absolute atomic E-state index is 0.159. The number of nitrogens with one attached hydrogen (secondary N) is 3. The number of carbonyl (C=O) groups is 1. The second kappa shape index (κ2) is 4.89. The van der Waals surface area contributed by atoms with Crippen LogP contribution in [0.15, 0.2) is 23.0 Å². The Bertz CT molecular complexity index is 654. The van der Waals surface area contributed by atoms with E-state index in [4.69, 9.17) is 5.73 Å². The number of hydrogen-bond donors (Lipinski definition) is 4. The second-order valence-corrected chi connectivity index (χ2v) is 5.29. The highest BCUT2D eigenvalue weighted by Crippen LogP contribution is 2.24. The van der Waals surface area contributed by atoms with Crippen LogP contribution in [0.3, 0.4) is 0 Å². The fourth-order valence-corrected chi connectivity index (χ4v) is 2.05. The summed E-state index contributed by atoms with van der Waals surface area (Å²) in [5.74, 6) is -0.374. The molecule has 0 spiro atoms. The third kappa shape index (κ3) is 3.03. The molecule has 1 amide bonds. The van der Waals surface area contributed by atoms with Gasteiger partial charge in [0.25, 0.3) is 0 Å². The van der Waals surface area contributed by atoms with Gasteiger partial charge in [0.1, 0.15) is 0 Å². The molecule has 102 valence electrons. The van der Waals surface area contributed by atoms with Gasteiger partial charge in [0, 0.05) is 12.0 Å². The van der Waals surface area contributed by atoms with E-state index in [2.05, 4.69) is 29.1 Å². The first-order chi connectivity index (χ1) is 8.88. The van der Waals surface area contributed by atoms with Gasteiger partial charge in [0.15, 0.2) is 0 Å². The number of carbonyl (C=O) groups excluding carboxylic acids is 1. The van der Waals surface area contributed by atoms with E-state index in [-0.39, 0.29) is 23.6 Å². The molecule has 19 heavy (non-hydrogen) atoms. The van der Waals surface area contributed by atoms with Crippen LogP contribution in [0, 0.1) is 0 Å². The second-order valence-electron chi connectivity index (χ2n) is 5.29. The molecule has 5 N–H and O–H groups in total. The van der Waals surface area contributed by atoms with Gasteiger partial charge in [-0.05, 0) is 17.7 Å². The maximum atomic E-state index is 11.2. The summed E-state index contributed by atoms with van der Waals surface area (Å²) in [7, 11) is 0. The first kappa shape index (κ1) is 13.4.